The van der Waals surface area contributed by atoms with Gasteiger partial charge in [0.05, 0.1) is 48.8 Å². The number of pyridine rings is 1. The van der Waals surface area contributed by atoms with Crippen LogP contribution in [0.5, 0.6) is 23.0 Å². The molecule has 1 aliphatic heterocycles. The van der Waals surface area contributed by atoms with Gasteiger partial charge < -0.3 is 42.9 Å². The van der Waals surface area contributed by atoms with Crippen molar-refractivity contribution in [2.45, 2.75) is 57.3 Å². The van der Waals surface area contributed by atoms with E-state index in [9.17, 15) is 19.8 Å². The number of hydrogen-bond donors (Lipinski definition) is 2. The van der Waals surface area contributed by atoms with Crippen molar-refractivity contribution in [3.8, 4) is 34.1 Å². The molecule has 7 rings (SSSR count). The average molecular weight is 626 g/mol. The Bertz CT molecular complexity index is 2010. The fourth-order valence-corrected chi connectivity index (χ4v) is 7.73. The van der Waals surface area contributed by atoms with Gasteiger partial charge in [0.15, 0.2) is 11.3 Å². The van der Waals surface area contributed by atoms with Crippen LogP contribution in [0.3, 0.4) is 0 Å². The third-order valence-corrected chi connectivity index (χ3v) is 9.63. The van der Waals surface area contributed by atoms with Crippen LogP contribution in [-0.2, 0) is 35.8 Å². The lowest BCUT2D eigenvalue weighted by Crippen LogP contribution is -2.31. The van der Waals surface area contributed by atoms with Crippen molar-refractivity contribution in [1.82, 2.24) is 4.57 Å². The van der Waals surface area contributed by atoms with Crippen molar-refractivity contribution in [3.63, 3.8) is 0 Å². The Kier molecular flexibility index (Phi) is 6.85. The van der Waals surface area contributed by atoms with Crippen LogP contribution in [0.4, 0.5) is 0 Å². The molecule has 11 nitrogen and oxygen atoms in total. The molecule has 3 atom stereocenters. The predicted octanol–water partition coefficient (Wildman–Crippen LogP) is 4.60. The second kappa shape index (κ2) is 10.4. The van der Waals surface area contributed by atoms with E-state index in [4.69, 9.17) is 39.7 Å². The SMILES string of the molecule is CCCc1c(Cl)c2c(OC)c3c(c(O)c2c(=O)n1C)-c1c(c(OC)c2oc4c(c(=O)c2c1OC)[C@@H]1OCO[C@@H]1C[C@H]4O)CC3. The number of aromatic hydroxyl groups is 1. The first-order valence-electron chi connectivity index (χ1n) is 14.5. The Labute approximate surface area is 256 Å². The minimum atomic E-state index is -1.09. The number of aromatic nitrogens is 1. The van der Waals surface area contributed by atoms with Crippen LogP contribution in [-0.4, -0.2) is 49.0 Å². The van der Waals surface area contributed by atoms with Crippen LogP contribution >= 0.6 is 11.6 Å². The van der Waals surface area contributed by atoms with Crippen LogP contribution in [0, 0.1) is 0 Å². The lowest BCUT2D eigenvalue weighted by atomic mass is 9.80. The molecule has 0 amide bonds. The summed E-state index contributed by atoms with van der Waals surface area (Å²) in [6.45, 7) is 1.98. The average Bonchev–Trinajstić information content (AvgIpc) is 3.48. The summed E-state index contributed by atoms with van der Waals surface area (Å²) in [5.41, 5.74) is 1.91. The van der Waals surface area contributed by atoms with Gasteiger partial charge in [-0.1, -0.05) is 24.9 Å². The monoisotopic (exact) mass is 625 g/mol. The number of rotatable bonds is 5. The number of ether oxygens (including phenoxy) is 5. The van der Waals surface area contributed by atoms with E-state index in [1.54, 1.807) is 7.05 Å². The third kappa shape index (κ3) is 3.67. The standard InChI is InChI=1S/C32H32ClNO10/c1-6-7-14-23(33)19-20(32(38)34(14)2)24(36)17-12(26(19)39-3)8-9-13-18(17)30(41-5)22-25(37)21-28(44-31(22)27(13)40-4)15(35)10-16-29(21)43-11-42-16/h15-16,29,35-36H,6-11H2,1-5H3/t15-,16-,29-/m1/s1. The highest BCUT2D eigenvalue weighted by Gasteiger charge is 2.45. The Hall–Kier alpha value is -3.77. The van der Waals surface area contributed by atoms with E-state index in [0.717, 1.165) is 6.42 Å². The minimum absolute atomic E-state index is 0.00173. The van der Waals surface area contributed by atoms with Crippen LogP contribution in [0.25, 0.3) is 32.9 Å². The molecule has 44 heavy (non-hydrogen) atoms. The largest absolute Gasteiger partial charge is 0.506 e. The topological polar surface area (TPSA) is 139 Å². The zero-order chi connectivity index (χ0) is 31.2. The molecule has 1 fully saturated rings. The molecule has 2 N–H and O–H groups in total. The summed E-state index contributed by atoms with van der Waals surface area (Å²) in [5.74, 6) is 0.572. The van der Waals surface area contributed by atoms with Crippen molar-refractivity contribution in [2.24, 2.45) is 7.05 Å². The van der Waals surface area contributed by atoms with Crippen LogP contribution in [0.1, 0.15) is 60.1 Å². The molecular weight excluding hydrogens is 594 g/mol. The van der Waals surface area contributed by atoms with E-state index >= 15 is 0 Å². The van der Waals surface area contributed by atoms with Gasteiger partial charge in [-0.15, -0.1) is 0 Å². The van der Waals surface area contributed by atoms with E-state index < -0.39 is 29.3 Å². The quantitative estimate of drug-likeness (QED) is 0.323. The van der Waals surface area contributed by atoms with Crippen LogP contribution in [0.15, 0.2) is 14.0 Å². The lowest BCUT2D eigenvalue weighted by molar-refractivity contribution is 0.0231. The number of phenolic OH excluding ortho intramolecular Hbond substituents is 1. The maximum absolute atomic E-state index is 14.4. The van der Waals surface area contributed by atoms with Gasteiger partial charge in [-0.25, -0.2) is 0 Å². The highest BCUT2D eigenvalue weighted by atomic mass is 35.5. The molecule has 232 valence electrons. The molecule has 4 aromatic rings. The Morgan fingerprint density at radius 1 is 0.955 bits per heavy atom. The van der Waals surface area contributed by atoms with Gasteiger partial charge >= 0.3 is 0 Å². The van der Waals surface area contributed by atoms with Crippen molar-refractivity contribution in [3.05, 3.63) is 53.7 Å². The maximum atomic E-state index is 14.4. The Morgan fingerprint density at radius 2 is 1.64 bits per heavy atom. The van der Waals surface area contributed by atoms with Gasteiger partial charge in [0.25, 0.3) is 5.56 Å². The second-order valence-corrected chi connectivity index (χ2v) is 11.7. The number of aliphatic hydroxyl groups is 1. The molecule has 0 bridgehead atoms. The number of methoxy groups -OCH3 is 3. The molecule has 2 aromatic carbocycles. The molecule has 2 aliphatic carbocycles. The van der Waals surface area contributed by atoms with Gasteiger partial charge in [-0.05, 0) is 19.3 Å². The molecular formula is C32H32ClNO10. The van der Waals surface area contributed by atoms with Crippen molar-refractivity contribution < 1.29 is 38.3 Å². The van der Waals surface area contributed by atoms with Crippen molar-refractivity contribution >= 4 is 33.3 Å². The van der Waals surface area contributed by atoms with E-state index in [1.165, 1.54) is 25.9 Å². The number of nitrogens with zero attached hydrogens (tertiary/aromatic N) is 1. The molecule has 1 saturated heterocycles. The smallest absolute Gasteiger partial charge is 0.262 e. The number of halogens is 1. The first-order valence-corrected chi connectivity index (χ1v) is 14.9. The van der Waals surface area contributed by atoms with Crippen LogP contribution < -0.4 is 25.2 Å². The van der Waals surface area contributed by atoms with Gasteiger partial charge in [-0.3, -0.25) is 9.59 Å². The maximum Gasteiger partial charge on any atom is 0.262 e. The number of phenols is 1. The summed E-state index contributed by atoms with van der Waals surface area (Å²) in [4.78, 5) is 28.2. The summed E-state index contributed by atoms with van der Waals surface area (Å²) in [7, 11) is 6.01. The van der Waals surface area contributed by atoms with Crippen molar-refractivity contribution in [1.29, 1.82) is 0 Å². The first kappa shape index (κ1) is 29.0. The number of benzene rings is 2. The summed E-state index contributed by atoms with van der Waals surface area (Å²) < 4.78 is 36.9. The minimum Gasteiger partial charge on any atom is -0.506 e. The van der Waals surface area contributed by atoms with Gasteiger partial charge in [0, 0.05) is 41.4 Å². The lowest BCUT2D eigenvalue weighted by Gasteiger charge is -2.31. The van der Waals surface area contributed by atoms with E-state index in [0.29, 0.717) is 63.4 Å². The van der Waals surface area contributed by atoms with E-state index in [2.05, 4.69) is 0 Å². The zero-order valence-corrected chi connectivity index (χ0v) is 25.7. The molecule has 0 saturated carbocycles. The summed E-state index contributed by atoms with van der Waals surface area (Å²) in [6, 6.07) is 0. The molecule has 12 heteroatoms. The first-order chi connectivity index (χ1) is 21.2. The number of fused-ring (bicyclic) bond motifs is 8. The molecule has 0 unspecified atom stereocenters. The zero-order valence-electron chi connectivity index (χ0n) is 25.0. The highest BCUT2D eigenvalue weighted by Crippen LogP contribution is 2.57. The molecule has 0 radical (unpaired) electrons. The second-order valence-electron chi connectivity index (χ2n) is 11.4. The highest BCUT2D eigenvalue weighted by molar-refractivity contribution is 6.37. The van der Waals surface area contributed by atoms with E-state index in [-0.39, 0.29) is 58.1 Å². The summed E-state index contributed by atoms with van der Waals surface area (Å²) >= 11 is 6.93. The van der Waals surface area contributed by atoms with E-state index in [1.807, 2.05) is 6.92 Å². The van der Waals surface area contributed by atoms with Gasteiger partial charge in [0.2, 0.25) is 5.43 Å². The normalized spacial score (nSPS) is 20.3. The fourth-order valence-electron chi connectivity index (χ4n) is 7.33. The summed E-state index contributed by atoms with van der Waals surface area (Å²) in [5, 5.41) is 23.7. The number of aliphatic hydroxyl groups excluding tert-OH is 1. The van der Waals surface area contributed by atoms with Crippen LogP contribution in [0.2, 0.25) is 5.02 Å². The molecule has 2 aromatic heterocycles. The Balaban J connectivity index is 1.65. The molecule has 3 aliphatic rings. The Morgan fingerprint density at radius 3 is 2.30 bits per heavy atom. The molecule has 0 spiro atoms. The fraction of sp³-hybridized carbons (Fsp3) is 0.438. The molecule has 3 heterocycles. The van der Waals surface area contributed by atoms with Gasteiger partial charge in [0.1, 0.15) is 47.4 Å². The third-order valence-electron chi connectivity index (χ3n) is 9.22. The summed E-state index contributed by atoms with van der Waals surface area (Å²) in [6.07, 6.45) is -0.00636. The number of hydrogen-bond acceptors (Lipinski definition) is 10. The van der Waals surface area contributed by atoms with Crippen molar-refractivity contribution in [2.75, 3.05) is 28.1 Å². The van der Waals surface area contributed by atoms with Gasteiger partial charge in [-0.2, -0.15) is 0 Å². The predicted molar refractivity (Wildman–Crippen MR) is 162 cm³/mol.